The van der Waals surface area contributed by atoms with E-state index in [9.17, 15) is 4.79 Å². The van der Waals surface area contributed by atoms with Crippen molar-refractivity contribution in [2.45, 2.75) is 19.8 Å². The fourth-order valence-corrected chi connectivity index (χ4v) is 3.41. The molecule has 0 aromatic heterocycles. The quantitative estimate of drug-likeness (QED) is 0.662. The van der Waals surface area contributed by atoms with Gasteiger partial charge in [0.15, 0.2) is 11.5 Å². The second-order valence-electron chi connectivity index (χ2n) is 7.29. The zero-order valence-corrected chi connectivity index (χ0v) is 17.8. The summed E-state index contributed by atoms with van der Waals surface area (Å²) in [4.78, 5) is 14.9. The molecule has 0 spiro atoms. The molecular formula is C23H29N3O3. The molecule has 3 rings (SSSR count). The van der Waals surface area contributed by atoms with E-state index in [4.69, 9.17) is 9.47 Å². The first-order valence-corrected chi connectivity index (χ1v) is 9.78. The lowest BCUT2D eigenvalue weighted by Crippen LogP contribution is -2.15. The minimum atomic E-state index is -0.123. The number of carbonyl (C=O) groups excluding carboxylic acids is 1. The van der Waals surface area contributed by atoms with Crippen molar-refractivity contribution in [1.29, 1.82) is 0 Å². The van der Waals surface area contributed by atoms with E-state index >= 15 is 0 Å². The number of benzene rings is 2. The van der Waals surface area contributed by atoms with E-state index in [2.05, 4.69) is 53.9 Å². The highest BCUT2D eigenvalue weighted by molar-refractivity contribution is 6.32. The smallest absolute Gasteiger partial charge is 0.258 e. The van der Waals surface area contributed by atoms with Crippen LogP contribution in [-0.4, -0.2) is 45.7 Å². The summed E-state index contributed by atoms with van der Waals surface area (Å²) in [5.41, 5.74) is 5.31. The van der Waals surface area contributed by atoms with Crippen LogP contribution < -0.4 is 20.1 Å². The number of carbonyl (C=O) groups is 1. The van der Waals surface area contributed by atoms with E-state index in [0.29, 0.717) is 23.5 Å². The average Bonchev–Trinajstić information content (AvgIpc) is 3.04. The highest BCUT2D eigenvalue weighted by Crippen LogP contribution is 2.42. The standard InChI is InChI=1S/C23H29N3O3/c1-6-18(24-16-9-7-15(8-10-16)11-12-26(2)3)22-17-13-20(28-4)21(29-5)14-19(17)25-23(22)27/h7-10,13-14,24H,6,11-12H2,1-5H3,(H,25,27)/b22-18-. The molecule has 2 aromatic rings. The molecule has 0 fully saturated rings. The van der Waals surface area contributed by atoms with Crippen molar-refractivity contribution in [3.05, 3.63) is 53.2 Å². The Morgan fingerprint density at radius 2 is 1.72 bits per heavy atom. The molecule has 0 saturated carbocycles. The minimum absolute atomic E-state index is 0.123. The molecule has 0 bridgehead atoms. The van der Waals surface area contributed by atoms with Gasteiger partial charge in [0.05, 0.1) is 25.5 Å². The maximum absolute atomic E-state index is 12.7. The van der Waals surface area contributed by atoms with Crippen molar-refractivity contribution in [1.82, 2.24) is 4.90 Å². The number of hydrogen-bond acceptors (Lipinski definition) is 5. The van der Waals surface area contributed by atoms with Crippen LogP contribution in [0.5, 0.6) is 11.5 Å². The van der Waals surface area contributed by atoms with Gasteiger partial charge in [0.1, 0.15) is 0 Å². The molecule has 0 atom stereocenters. The normalized spacial score (nSPS) is 14.5. The van der Waals surface area contributed by atoms with E-state index in [1.54, 1.807) is 20.3 Å². The predicted octanol–water partition coefficient (Wildman–Crippen LogP) is 3.99. The average molecular weight is 396 g/mol. The lowest BCUT2D eigenvalue weighted by atomic mass is 10.0. The lowest BCUT2D eigenvalue weighted by Gasteiger charge is -2.14. The number of amides is 1. The zero-order chi connectivity index (χ0) is 21.0. The maximum atomic E-state index is 12.7. The van der Waals surface area contributed by atoms with Crippen LogP contribution in [-0.2, 0) is 11.2 Å². The molecule has 1 aliphatic heterocycles. The predicted molar refractivity (Wildman–Crippen MR) is 118 cm³/mol. The molecule has 2 N–H and O–H groups in total. The van der Waals surface area contributed by atoms with Crippen molar-refractivity contribution in [2.24, 2.45) is 0 Å². The summed E-state index contributed by atoms with van der Waals surface area (Å²) in [6.45, 7) is 3.05. The Hall–Kier alpha value is -2.99. The third kappa shape index (κ3) is 4.54. The number of rotatable bonds is 8. The summed E-state index contributed by atoms with van der Waals surface area (Å²) in [5, 5.41) is 6.37. The van der Waals surface area contributed by atoms with Crippen LogP contribution in [0.25, 0.3) is 5.57 Å². The van der Waals surface area contributed by atoms with Gasteiger partial charge in [-0.2, -0.15) is 0 Å². The van der Waals surface area contributed by atoms with Gasteiger partial charge in [0.2, 0.25) is 0 Å². The topological polar surface area (TPSA) is 62.8 Å². The van der Waals surface area contributed by atoms with Gasteiger partial charge >= 0.3 is 0 Å². The Bertz CT molecular complexity index is 918. The van der Waals surface area contributed by atoms with Crippen LogP contribution in [0.3, 0.4) is 0 Å². The molecule has 29 heavy (non-hydrogen) atoms. The number of allylic oxidation sites excluding steroid dienone is 1. The van der Waals surface area contributed by atoms with E-state index in [1.165, 1.54) is 5.56 Å². The van der Waals surface area contributed by atoms with E-state index in [0.717, 1.165) is 35.6 Å². The van der Waals surface area contributed by atoms with Gasteiger partial charge in [-0.25, -0.2) is 0 Å². The summed E-state index contributed by atoms with van der Waals surface area (Å²) < 4.78 is 10.8. The summed E-state index contributed by atoms with van der Waals surface area (Å²) in [6, 6.07) is 12.0. The first-order chi connectivity index (χ1) is 14.0. The first kappa shape index (κ1) is 20.7. The van der Waals surface area contributed by atoms with Gasteiger partial charge in [-0.05, 0) is 50.7 Å². The molecule has 2 aromatic carbocycles. The number of likely N-dealkylation sites (N-methyl/N-ethyl adjacent to an activating group) is 1. The number of nitrogens with zero attached hydrogens (tertiary/aromatic N) is 1. The fraction of sp³-hybridized carbons (Fsp3) is 0.348. The number of methoxy groups -OCH3 is 2. The van der Waals surface area contributed by atoms with Gasteiger partial charge < -0.3 is 25.0 Å². The number of anilines is 2. The molecule has 0 unspecified atom stereocenters. The molecule has 1 heterocycles. The monoisotopic (exact) mass is 395 g/mol. The number of ether oxygens (including phenoxy) is 2. The lowest BCUT2D eigenvalue weighted by molar-refractivity contribution is -0.110. The van der Waals surface area contributed by atoms with E-state index in [1.807, 2.05) is 13.0 Å². The SMILES string of the molecule is CC/C(Nc1ccc(CCN(C)C)cc1)=C1/C(=O)Nc2cc(OC)c(OC)cc21. The highest BCUT2D eigenvalue weighted by Gasteiger charge is 2.29. The molecular weight excluding hydrogens is 366 g/mol. The second kappa shape index (κ2) is 9.01. The summed E-state index contributed by atoms with van der Waals surface area (Å²) in [6.07, 6.45) is 1.70. The van der Waals surface area contributed by atoms with Crippen LogP contribution in [0.2, 0.25) is 0 Å². The molecule has 0 saturated heterocycles. The highest BCUT2D eigenvalue weighted by atomic mass is 16.5. The third-order valence-electron chi connectivity index (χ3n) is 5.02. The van der Waals surface area contributed by atoms with Crippen LogP contribution >= 0.6 is 0 Å². The van der Waals surface area contributed by atoms with E-state index in [-0.39, 0.29) is 5.91 Å². The van der Waals surface area contributed by atoms with Gasteiger partial charge in [-0.3, -0.25) is 4.79 Å². The summed E-state index contributed by atoms with van der Waals surface area (Å²) in [5.74, 6) is 1.07. The molecule has 1 amide bonds. The molecule has 1 aliphatic rings. The van der Waals surface area contributed by atoms with Crippen LogP contribution in [0, 0.1) is 0 Å². The summed E-state index contributed by atoms with van der Waals surface area (Å²) in [7, 11) is 7.32. The minimum Gasteiger partial charge on any atom is -0.493 e. The Morgan fingerprint density at radius 3 is 2.31 bits per heavy atom. The van der Waals surface area contributed by atoms with E-state index < -0.39 is 0 Å². The van der Waals surface area contributed by atoms with Gasteiger partial charge in [0, 0.05) is 29.6 Å². The van der Waals surface area contributed by atoms with Crippen LogP contribution in [0.4, 0.5) is 11.4 Å². The van der Waals surface area contributed by atoms with Crippen molar-refractivity contribution in [2.75, 3.05) is 45.5 Å². The van der Waals surface area contributed by atoms with Crippen molar-refractivity contribution < 1.29 is 14.3 Å². The Labute approximate surface area is 172 Å². The molecule has 154 valence electrons. The number of hydrogen-bond donors (Lipinski definition) is 2. The number of nitrogens with one attached hydrogen (secondary N) is 2. The Kier molecular flexibility index (Phi) is 6.44. The fourth-order valence-electron chi connectivity index (χ4n) is 3.41. The molecule has 6 heteroatoms. The Balaban J connectivity index is 1.90. The maximum Gasteiger partial charge on any atom is 0.258 e. The van der Waals surface area contributed by atoms with Crippen LogP contribution in [0.1, 0.15) is 24.5 Å². The zero-order valence-electron chi connectivity index (χ0n) is 17.8. The second-order valence-corrected chi connectivity index (χ2v) is 7.29. The first-order valence-electron chi connectivity index (χ1n) is 9.78. The van der Waals surface area contributed by atoms with Crippen molar-refractivity contribution in [3.8, 4) is 11.5 Å². The van der Waals surface area contributed by atoms with Crippen molar-refractivity contribution in [3.63, 3.8) is 0 Å². The van der Waals surface area contributed by atoms with Crippen molar-refractivity contribution >= 4 is 22.9 Å². The summed E-state index contributed by atoms with van der Waals surface area (Å²) >= 11 is 0. The largest absolute Gasteiger partial charge is 0.493 e. The van der Waals surface area contributed by atoms with Gasteiger partial charge in [0.25, 0.3) is 5.91 Å². The molecule has 0 aliphatic carbocycles. The van der Waals surface area contributed by atoms with Crippen LogP contribution in [0.15, 0.2) is 42.1 Å². The molecule has 0 radical (unpaired) electrons. The Morgan fingerprint density at radius 1 is 1.07 bits per heavy atom. The molecule has 6 nitrogen and oxygen atoms in total. The van der Waals surface area contributed by atoms with Gasteiger partial charge in [-0.15, -0.1) is 0 Å². The third-order valence-corrected chi connectivity index (χ3v) is 5.02. The van der Waals surface area contributed by atoms with Gasteiger partial charge in [-0.1, -0.05) is 19.1 Å². The number of fused-ring (bicyclic) bond motifs is 1.